The third kappa shape index (κ3) is 3.32. The van der Waals surface area contributed by atoms with E-state index in [1.165, 1.54) is 6.26 Å². The quantitative estimate of drug-likeness (QED) is 0.719. The highest BCUT2D eigenvalue weighted by Gasteiger charge is 2.31. The van der Waals surface area contributed by atoms with Crippen molar-refractivity contribution >= 4 is 5.91 Å². The van der Waals surface area contributed by atoms with E-state index in [1.807, 2.05) is 30.3 Å². The monoisotopic (exact) mass is 338 g/mol. The number of carbonyl (C=O) groups is 1. The molecule has 3 aromatic rings. The van der Waals surface area contributed by atoms with Gasteiger partial charge in [0, 0.05) is 5.92 Å². The molecule has 0 saturated heterocycles. The van der Waals surface area contributed by atoms with Crippen LogP contribution in [0.5, 0.6) is 0 Å². The van der Waals surface area contributed by atoms with Gasteiger partial charge in [0.2, 0.25) is 5.82 Å². The minimum absolute atomic E-state index is 0.0327. The van der Waals surface area contributed by atoms with Gasteiger partial charge in [0.15, 0.2) is 0 Å². The minimum Gasteiger partial charge on any atom is -0.467 e. The number of carbonyl (C=O) groups excluding carboxylic acids is 1. The van der Waals surface area contributed by atoms with E-state index in [0.717, 1.165) is 24.4 Å². The summed E-state index contributed by atoms with van der Waals surface area (Å²) in [7, 11) is 0. The fourth-order valence-corrected chi connectivity index (χ4v) is 2.64. The first-order chi connectivity index (χ1) is 12.2. The van der Waals surface area contributed by atoms with Gasteiger partial charge in [-0.15, -0.1) is 5.10 Å². The van der Waals surface area contributed by atoms with E-state index in [9.17, 15) is 9.90 Å². The summed E-state index contributed by atoms with van der Waals surface area (Å²) in [5.74, 6) is 1.26. The maximum absolute atomic E-state index is 12.4. The number of furan rings is 1. The predicted octanol–water partition coefficient (Wildman–Crippen LogP) is 2.20. The number of rotatable bonds is 6. The Balaban J connectivity index is 1.51. The Morgan fingerprint density at radius 3 is 2.76 bits per heavy atom. The summed E-state index contributed by atoms with van der Waals surface area (Å²) >= 11 is 0. The van der Waals surface area contributed by atoms with E-state index in [4.69, 9.17) is 4.42 Å². The van der Waals surface area contributed by atoms with Gasteiger partial charge in [-0.2, -0.15) is 0 Å². The Bertz CT molecular complexity index is 854. The van der Waals surface area contributed by atoms with Crippen LogP contribution in [0.4, 0.5) is 0 Å². The van der Waals surface area contributed by atoms with Gasteiger partial charge in [0.1, 0.15) is 17.7 Å². The molecule has 1 aliphatic rings. The average molecular weight is 338 g/mol. The van der Waals surface area contributed by atoms with E-state index in [2.05, 4.69) is 15.4 Å². The van der Waals surface area contributed by atoms with Crippen LogP contribution >= 0.6 is 0 Å². The highest BCUT2D eigenvalue weighted by Crippen LogP contribution is 2.39. The lowest BCUT2D eigenvalue weighted by Gasteiger charge is -2.07. The van der Waals surface area contributed by atoms with Gasteiger partial charge in [-0.05, 0) is 37.1 Å². The van der Waals surface area contributed by atoms with E-state index in [1.54, 1.807) is 16.8 Å². The number of para-hydroxylation sites is 1. The number of nitrogens with zero attached hydrogens (tertiary/aromatic N) is 3. The van der Waals surface area contributed by atoms with E-state index in [0.29, 0.717) is 11.7 Å². The van der Waals surface area contributed by atoms with Crippen molar-refractivity contribution in [3.8, 4) is 5.69 Å². The Morgan fingerprint density at radius 1 is 1.28 bits per heavy atom. The predicted molar refractivity (Wildman–Crippen MR) is 89.3 cm³/mol. The summed E-state index contributed by atoms with van der Waals surface area (Å²) in [6.07, 6.45) is 2.69. The topological polar surface area (TPSA) is 93.2 Å². The molecule has 1 aliphatic carbocycles. The van der Waals surface area contributed by atoms with Crippen molar-refractivity contribution in [1.82, 2.24) is 20.1 Å². The molecule has 0 radical (unpaired) electrons. The van der Waals surface area contributed by atoms with Gasteiger partial charge in [-0.25, -0.2) is 9.67 Å². The zero-order chi connectivity index (χ0) is 17.2. The second kappa shape index (κ2) is 6.52. The molecule has 1 amide bonds. The summed E-state index contributed by atoms with van der Waals surface area (Å²) in [6, 6.07) is 13.0. The highest BCUT2D eigenvalue weighted by atomic mass is 16.4. The van der Waals surface area contributed by atoms with Crippen molar-refractivity contribution < 1.29 is 14.3 Å². The molecule has 1 fully saturated rings. The van der Waals surface area contributed by atoms with Crippen molar-refractivity contribution in [3.05, 3.63) is 66.1 Å². The normalized spacial score (nSPS) is 15.1. The van der Waals surface area contributed by atoms with Gasteiger partial charge in [0.05, 0.1) is 18.5 Å². The second-order valence-electron chi connectivity index (χ2n) is 6.06. The third-order valence-electron chi connectivity index (χ3n) is 4.11. The molecule has 25 heavy (non-hydrogen) atoms. The molecule has 2 N–H and O–H groups in total. The molecule has 1 saturated carbocycles. The van der Waals surface area contributed by atoms with Crippen LogP contribution in [0.2, 0.25) is 0 Å². The summed E-state index contributed by atoms with van der Waals surface area (Å²) in [4.78, 5) is 16.8. The van der Waals surface area contributed by atoms with Gasteiger partial charge in [-0.1, -0.05) is 18.2 Å². The lowest BCUT2D eigenvalue weighted by atomic mass is 10.3. The molecule has 0 aliphatic heterocycles. The van der Waals surface area contributed by atoms with Gasteiger partial charge >= 0.3 is 0 Å². The Labute approximate surface area is 144 Å². The summed E-state index contributed by atoms with van der Waals surface area (Å²) < 4.78 is 6.85. The Morgan fingerprint density at radius 2 is 2.08 bits per heavy atom. The van der Waals surface area contributed by atoms with E-state index >= 15 is 0 Å². The molecule has 1 aromatic carbocycles. The number of benzene rings is 1. The fraction of sp³-hybridized carbons (Fsp3) is 0.278. The van der Waals surface area contributed by atoms with Gasteiger partial charge < -0.3 is 14.8 Å². The molecule has 7 heteroatoms. The van der Waals surface area contributed by atoms with E-state index < -0.39 is 12.0 Å². The van der Waals surface area contributed by atoms with Crippen LogP contribution in [0.1, 0.15) is 47.1 Å². The zero-order valence-corrected chi connectivity index (χ0v) is 13.5. The first-order valence-electron chi connectivity index (χ1n) is 8.24. The smallest absolute Gasteiger partial charge is 0.291 e. The Hall–Kier alpha value is -2.93. The van der Waals surface area contributed by atoms with Crippen molar-refractivity contribution in [2.45, 2.75) is 24.9 Å². The number of amides is 1. The first kappa shape index (κ1) is 15.6. The summed E-state index contributed by atoms with van der Waals surface area (Å²) in [5.41, 5.74) is 0.881. The lowest BCUT2D eigenvalue weighted by Crippen LogP contribution is -2.29. The number of aromatic nitrogens is 3. The first-order valence-corrected chi connectivity index (χ1v) is 8.24. The van der Waals surface area contributed by atoms with E-state index in [-0.39, 0.29) is 12.4 Å². The molecule has 2 heterocycles. The number of aliphatic hydroxyl groups excluding tert-OH is 1. The van der Waals surface area contributed by atoms with Crippen LogP contribution in [-0.2, 0) is 0 Å². The van der Waals surface area contributed by atoms with Crippen LogP contribution in [0.25, 0.3) is 5.69 Å². The van der Waals surface area contributed by atoms with Crippen LogP contribution in [0.15, 0.2) is 53.1 Å². The molecule has 1 unspecified atom stereocenters. The van der Waals surface area contributed by atoms with Gasteiger partial charge in [-0.3, -0.25) is 4.79 Å². The van der Waals surface area contributed by atoms with Crippen LogP contribution in [0, 0.1) is 0 Å². The van der Waals surface area contributed by atoms with Crippen molar-refractivity contribution in [3.63, 3.8) is 0 Å². The lowest BCUT2D eigenvalue weighted by molar-refractivity contribution is 0.0891. The molecule has 0 spiro atoms. The minimum atomic E-state index is -0.905. The number of aliphatic hydroxyl groups is 1. The third-order valence-corrected chi connectivity index (χ3v) is 4.11. The number of hydrogen-bond donors (Lipinski definition) is 2. The Kier molecular flexibility index (Phi) is 4.07. The zero-order valence-electron chi connectivity index (χ0n) is 13.5. The van der Waals surface area contributed by atoms with Crippen molar-refractivity contribution in [2.75, 3.05) is 6.54 Å². The molecular weight excluding hydrogens is 320 g/mol. The highest BCUT2D eigenvalue weighted by molar-refractivity contribution is 5.90. The maximum atomic E-state index is 12.4. The SMILES string of the molecule is O=C(NCC(O)c1ccco1)c1nc(C2CC2)n(-c2ccccc2)n1. The molecule has 0 bridgehead atoms. The summed E-state index contributed by atoms with van der Waals surface area (Å²) in [6.45, 7) is 0.0327. The van der Waals surface area contributed by atoms with Crippen molar-refractivity contribution in [2.24, 2.45) is 0 Å². The number of nitrogens with one attached hydrogen (secondary N) is 1. The molecule has 2 aromatic heterocycles. The molecule has 128 valence electrons. The molecular formula is C18H18N4O3. The average Bonchev–Trinajstić information content (AvgIpc) is 3.16. The largest absolute Gasteiger partial charge is 0.467 e. The number of hydrogen-bond acceptors (Lipinski definition) is 5. The molecule has 4 rings (SSSR count). The molecule has 1 atom stereocenters. The standard InChI is InChI=1S/C18H18N4O3/c23-14(15-7-4-10-25-15)11-19-18(24)16-20-17(12-8-9-12)22(21-16)13-5-2-1-3-6-13/h1-7,10,12,14,23H,8-9,11H2,(H,19,24). The van der Waals surface area contributed by atoms with Crippen LogP contribution < -0.4 is 5.32 Å². The van der Waals surface area contributed by atoms with Gasteiger partial charge in [0.25, 0.3) is 5.91 Å². The second-order valence-corrected chi connectivity index (χ2v) is 6.06. The summed E-state index contributed by atoms with van der Waals surface area (Å²) in [5, 5.41) is 17.0. The van der Waals surface area contributed by atoms with Crippen LogP contribution in [0.3, 0.4) is 0 Å². The van der Waals surface area contributed by atoms with Crippen molar-refractivity contribution in [1.29, 1.82) is 0 Å². The molecule has 7 nitrogen and oxygen atoms in total. The maximum Gasteiger partial charge on any atom is 0.291 e. The van der Waals surface area contributed by atoms with Crippen LogP contribution in [-0.4, -0.2) is 32.3 Å². The fourth-order valence-electron chi connectivity index (χ4n) is 2.64.